The molecule has 0 unspecified atom stereocenters. The predicted molar refractivity (Wildman–Crippen MR) is 53.4 cm³/mol. The number of halogens is 2. The van der Waals surface area contributed by atoms with E-state index < -0.39 is 11.6 Å². The zero-order valence-corrected chi connectivity index (χ0v) is 7.95. The molecule has 0 amide bonds. The first-order valence-corrected chi connectivity index (χ1v) is 4.58. The second-order valence-electron chi connectivity index (χ2n) is 3.31. The van der Waals surface area contributed by atoms with Gasteiger partial charge in [-0.3, -0.25) is 4.98 Å². The summed E-state index contributed by atoms with van der Waals surface area (Å²) in [6.07, 6.45) is 3.83. The van der Waals surface area contributed by atoms with Gasteiger partial charge in [0.1, 0.15) is 11.6 Å². The van der Waals surface area contributed by atoms with E-state index in [4.69, 9.17) is 0 Å². The zero-order valence-electron chi connectivity index (χ0n) is 7.95. The summed E-state index contributed by atoms with van der Waals surface area (Å²) in [5.74, 6) is -1.09. The first kappa shape index (κ1) is 9.77. The lowest BCUT2D eigenvalue weighted by Crippen LogP contribution is -1.91. The summed E-state index contributed by atoms with van der Waals surface area (Å²) in [5, 5.41) is 0. The Balaban J connectivity index is 2.25. The van der Waals surface area contributed by atoms with E-state index in [9.17, 15) is 8.78 Å². The smallest absolute Gasteiger partial charge is 0.126 e. The molecule has 0 bridgehead atoms. The highest BCUT2D eigenvalue weighted by Crippen LogP contribution is 2.12. The number of pyridine rings is 1. The number of nitrogens with zero attached hydrogens (tertiary/aromatic N) is 1. The molecule has 0 aliphatic carbocycles. The van der Waals surface area contributed by atoms with Crippen LogP contribution in [-0.2, 0) is 6.42 Å². The Hall–Kier alpha value is -1.77. The molecule has 1 aromatic carbocycles. The maximum absolute atomic E-state index is 12.9. The molecule has 0 saturated heterocycles. The minimum Gasteiger partial charge on any atom is -0.265 e. The molecule has 0 atom stereocenters. The van der Waals surface area contributed by atoms with Crippen LogP contribution in [0.1, 0.15) is 11.1 Å². The number of hydrogen-bond acceptors (Lipinski definition) is 1. The number of benzene rings is 1. The van der Waals surface area contributed by atoms with Crippen LogP contribution in [0.15, 0.2) is 42.7 Å². The van der Waals surface area contributed by atoms with Crippen molar-refractivity contribution in [3.05, 3.63) is 65.5 Å². The third kappa shape index (κ3) is 2.59. The van der Waals surface area contributed by atoms with Crippen LogP contribution in [-0.4, -0.2) is 4.98 Å². The van der Waals surface area contributed by atoms with Crippen molar-refractivity contribution in [2.45, 2.75) is 6.42 Å². The molecule has 0 aliphatic rings. The fraction of sp³-hybridized carbons (Fsp3) is 0.0833. The summed E-state index contributed by atoms with van der Waals surface area (Å²) in [6, 6.07) is 7.19. The Labute approximate surface area is 86.4 Å². The monoisotopic (exact) mass is 205 g/mol. The molecule has 15 heavy (non-hydrogen) atoms. The van der Waals surface area contributed by atoms with E-state index in [-0.39, 0.29) is 0 Å². The molecule has 2 rings (SSSR count). The van der Waals surface area contributed by atoms with Crippen LogP contribution in [0.2, 0.25) is 0 Å². The van der Waals surface area contributed by atoms with Gasteiger partial charge >= 0.3 is 0 Å². The summed E-state index contributed by atoms with van der Waals surface area (Å²) in [6.45, 7) is 0. The molecule has 0 N–H and O–H groups in total. The maximum atomic E-state index is 12.9. The van der Waals surface area contributed by atoms with Gasteiger partial charge in [0.2, 0.25) is 0 Å². The predicted octanol–water partition coefficient (Wildman–Crippen LogP) is 2.95. The Morgan fingerprint density at radius 3 is 2.07 bits per heavy atom. The highest BCUT2D eigenvalue weighted by molar-refractivity contribution is 5.25. The third-order valence-corrected chi connectivity index (χ3v) is 2.08. The summed E-state index contributed by atoms with van der Waals surface area (Å²) in [4.78, 5) is 3.87. The van der Waals surface area contributed by atoms with E-state index in [2.05, 4.69) is 4.98 Å². The van der Waals surface area contributed by atoms with Crippen molar-refractivity contribution in [1.29, 1.82) is 0 Å². The molecule has 0 fully saturated rings. The van der Waals surface area contributed by atoms with Crippen molar-refractivity contribution in [2.75, 3.05) is 0 Å². The SMILES string of the molecule is Fc1cc(F)cc(Cc2ccncc2)c1. The molecule has 1 heterocycles. The topological polar surface area (TPSA) is 12.9 Å². The lowest BCUT2D eigenvalue weighted by Gasteiger charge is -2.01. The van der Waals surface area contributed by atoms with E-state index in [1.165, 1.54) is 12.1 Å². The van der Waals surface area contributed by atoms with Crippen LogP contribution in [0.3, 0.4) is 0 Å². The van der Waals surface area contributed by atoms with Gasteiger partial charge in [-0.05, 0) is 41.8 Å². The second-order valence-corrected chi connectivity index (χ2v) is 3.31. The molecule has 0 radical (unpaired) electrons. The maximum Gasteiger partial charge on any atom is 0.126 e. The van der Waals surface area contributed by atoms with Crippen molar-refractivity contribution in [2.24, 2.45) is 0 Å². The minimum absolute atomic E-state index is 0.511. The molecular weight excluding hydrogens is 196 g/mol. The molecule has 76 valence electrons. The Morgan fingerprint density at radius 1 is 0.867 bits per heavy atom. The fourth-order valence-corrected chi connectivity index (χ4v) is 1.45. The van der Waals surface area contributed by atoms with E-state index >= 15 is 0 Å². The van der Waals surface area contributed by atoms with E-state index in [0.717, 1.165) is 11.6 Å². The fourth-order valence-electron chi connectivity index (χ4n) is 1.45. The third-order valence-electron chi connectivity index (χ3n) is 2.08. The van der Waals surface area contributed by atoms with Crippen molar-refractivity contribution in [3.8, 4) is 0 Å². The van der Waals surface area contributed by atoms with Gasteiger partial charge in [0, 0.05) is 18.5 Å². The van der Waals surface area contributed by atoms with Crippen LogP contribution in [0.4, 0.5) is 8.78 Å². The molecular formula is C12H9F2N. The standard InChI is InChI=1S/C12H9F2N/c13-11-6-10(7-12(14)8-11)5-9-1-3-15-4-2-9/h1-4,6-8H,5H2. The van der Waals surface area contributed by atoms with Gasteiger partial charge in [-0.2, -0.15) is 0 Å². The zero-order chi connectivity index (χ0) is 10.7. The molecule has 0 saturated carbocycles. The Morgan fingerprint density at radius 2 is 1.47 bits per heavy atom. The van der Waals surface area contributed by atoms with Gasteiger partial charge < -0.3 is 0 Å². The first-order valence-electron chi connectivity index (χ1n) is 4.58. The largest absolute Gasteiger partial charge is 0.265 e. The van der Waals surface area contributed by atoms with Crippen LogP contribution in [0.25, 0.3) is 0 Å². The lowest BCUT2D eigenvalue weighted by molar-refractivity contribution is 0.580. The summed E-state index contributed by atoms with van der Waals surface area (Å²) < 4.78 is 25.8. The summed E-state index contributed by atoms with van der Waals surface area (Å²) >= 11 is 0. The van der Waals surface area contributed by atoms with Crippen LogP contribution in [0, 0.1) is 11.6 Å². The Kier molecular flexibility index (Phi) is 2.72. The van der Waals surface area contributed by atoms with Gasteiger partial charge in [0.25, 0.3) is 0 Å². The molecule has 2 aromatic rings. The van der Waals surface area contributed by atoms with Gasteiger partial charge in [-0.25, -0.2) is 8.78 Å². The summed E-state index contributed by atoms with van der Waals surface area (Å²) in [7, 11) is 0. The molecule has 0 aliphatic heterocycles. The van der Waals surface area contributed by atoms with E-state index in [0.29, 0.717) is 12.0 Å². The van der Waals surface area contributed by atoms with Gasteiger partial charge in [0.05, 0.1) is 0 Å². The van der Waals surface area contributed by atoms with Crippen molar-refractivity contribution >= 4 is 0 Å². The van der Waals surface area contributed by atoms with Crippen LogP contribution in [0.5, 0.6) is 0 Å². The van der Waals surface area contributed by atoms with E-state index in [1.807, 2.05) is 12.1 Å². The van der Waals surface area contributed by atoms with Crippen molar-refractivity contribution < 1.29 is 8.78 Å². The highest BCUT2D eigenvalue weighted by Gasteiger charge is 2.01. The lowest BCUT2D eigenvalue weighted by atomic mass is 10.1. The number of aromatic nitrogens is 1. The molecule has 3 heteroatoms. The molecule has 1 nitrogen and oxygen atoms in total. The molecule has 1 aromatic heterocycles. The summed E-state index contributed by atoms with van der Waals surface area (Å²) in [5.41, 5.74) is 1.61. The van der Waals surface area contributed by atoms with Gasteiger partial charge in [0.15, 0.2) is 0 Å². The normalized spacial score (nSPS) is 10.3. The average Bonchev–Trinajstić information content (AvgIpc) is 2.17. The molecule has 0 spiro atoms. The minimum atomic E-state index is -0.543. The quantitative estimate of drug-likeness (QED) is 0.734. The van der Waals surface area contributed by atoms with E-state index in [1.54, 1.807) is 12.4 Å². The van der Waals surface area contributed by atoms with Crippen LogP contribution < -0.4 is 0 Å². The second kappa shape index (κ2) is 4.17. The number of hydrogen-bond donors (Lipinski definition) is 0. The highest BCUT2D eigenvalue weighted by atomic mass is 19.1. The first-order chi connectivity index (χ1) is 7.24. The number of rotatable bonds is 2. The van der Waals surface area contributed by atoms with Crippen molar-refractivity contribution in [1.82, 2.24) is 4.98 Å². The Bertz CT molecular complexity index is 434. The van der Waals surface area contributed by atoms with Crippen molar-refractivity contribution in [3.63, 3.8) is 0 Å². The van der Waals surface area contributed by atoms with Gasteiger partial charge in [-0.15, -0.1) is 0 Å². The average molecular weight is 205 g/mol. The van der Waals surface area contributed by atoms with Gasteiger partial charge in [-0.1, -0.05) is 0 Å². The van der Waals surface area contributed by atoms with Crippen LogP contribution >= 0.6 is 0 Å².